The smallest absolute Gasteiger partial charge is 0.250 e. The average molecular weight is 465 g/mol. The van der Waals surface area contributed by atoms with Crippen LogP contribution in [0.2, 0.25) is 0 Å². The number of aliphatic hydroxyl groups is 1. The zero-order valence-electron chi connectivity index (χ0n) is 20.1. The molecule has 2 aromatic carbocycles. The summed E-state index contributed by atoms with van der Waals surface area (Å²) in [5, 5.41) is 7.88. The fourth-order valence-electron chi connectivity index (χ4n) is 4.18. The highest BCUT2D eigenvalue weighted by atomic mass is 19.1. The predicted octanol–water partition coefficient (Wildman–Crippen LogP) is 5.05. The van der Waals surface area contributed by atoms with Crippen LogP contribution in [0.3, 0.4) is 0 Å². The van der Waals surface area contributed by atoms with Crippen LogP contribution in [-0.2, 0) is 11.8 Å². The number of carbonyl (C=O) groups excluding carboxylic acids is 1. The number of aryl methyl sites for hydroxylation is 1. The number of aliphatic hydroxyl groups excluding tert-OH is 1. The Bertz CT molecular complexity index is 1140. The van der Waals surface area contributed by atoms with Gasteiger partial charge in [-0.25, -0.2) is 4.39 Å². The summed E-state index contributed by atoms with van der Waals surface area (Å²) in [5.41, 5.74) is 4.08. The van der Waals surface area contributed by atoms with Crippen molar-refractivity contribution in [1.82, 2.24) is 9.47 Å². The lowest BCUT2D eigenvalue weighted by Gasteiger charge is -2.36. The number of pyridine rings is 1. The number of halogens is 1. The van der Waals surface area contributed by atoms with E-state index in [1.165, 1.54) is 12.1 Å². The second-order valence-electron chi connectivity index (χ2n) is 8.72. The molecule has 5 nitrogen and oxygen atoms in total. The van der Waals surface area contributed by atoms with E-state index in [2.05, 4.69) is 6.92 Å². The maximum Gasteiger partial charge on any atom is 0.250 e. The first-order valence-electron chi connectivity index (χ1n) is 11.8. The van der Waals surface area contributed by atoms with Crippen molar-refractivity contribution < 1.29 is 14.3 Å². The third-order valence-corrected chi connectivity index (χ3v) is 6.30. The minimum atomic E-state index is -0.252. The zero-order valence-corrected chi connectivity index (χ0v) is 20.1. The maximum absolute atomic E-state index is 13.2. The van der Waals surface area contributed by atoms with Gasteiger partial charge >= 0.3 is 0 Å². The molecule has 4 rings (SSSR count). The monoisotopic (exact) mass is 464 g/mol. The van der Waals surface area contributed by atoms with Crippen LogP contribution in [-0.4, -0.2) is 33.6 Å². The number of likely N-dealkylation sites (tertiary alicyclic amines) is 1. The van der Waals surface area contributed by atoms with Gasteiger partial charge in [0.1, 0.15) is 5.82 Å². The van der Waals surface area contributed by atoms with E-state index >= 15 is 0 Å². The molecule has 2 atom stereocenters. The van der Waals surface area contributed by atoms with Gasteiger partial charge in [-0.3, -0.25) is 9.59 Å². The third kappa shape index (κ3) is 6.20. The molecule has 0 aliphatic carbocycles. The summed E-state index contributed by atoms with van der Waals surface area (Å²) < 4.78 is 14.7. The molecular formula is C28H33FN2O3. The Morgan fingerprint density at radius 3 is 2.18 bits per heavy atom. The minimum Gasteiger partial charge on any atom is -0.396 e. The van der Waals surface area contributed by atoms with Gasteiger partial charge in [-0.05, 0) is 66.1 Å². The largest absolute Gasteiger partial charge is 0.396 e. The van der Waals surface area contributed by atoms with Crippen LogP contribution < -0.4 is 5.56 Å². The first-order chi connectivity index (χ1) is 16.3. The summed E-state index contributed by atoms with van der Waals surface area (Å²) in [4.78, 5) is 26.4. The number of carbonyl (C=O) groups is 1. The summed E-state index contributed by atoms with van der Waals surface area (Å²) in [6.45, 7) is 4.99. The highest BCUT2D eigenvalue weighted by molar-refractivity contribution is 5.78. The number of benzene rings is 2. The number of aromatic nitrogens is 1. The standard InChI is InChI=1S/C25H25FN2O2.C3H8O/c1-17(18-3-5-20(6-4-18)22-9-12-24(29)27(2)16-22)28-14-13-21(15-25(28)30)19-7-10-23(26)11-8-19;1-2-3-4/h3-12,16-17,21H,13-15H2,1-2H3;4H,2-3H2,1H3. The van der Waals surface area contributed by atoms with Gasteiger partial charge in [0.05, 0.1) is 6.04 Å². The molecule has 1 N–H and O–H groups in total. The van der Waals surface area contributed by atoms with Gasteiger partial charge in [0.15, 0.2) is 0 Å². The van der Waals surface area contributed by atoms with Gasteiger partial charge in [-0.1, -0.05) is 43.3 Å². The minimum absolute atomic E-state index is 0.0131. The van der Waals surface area contributed by atoms with Crippen molar-refractivity contribution in [2.45, 2.75) is 45.1 Å². The van der Waals surface area contributed by atoms with E-state index in [-0.39, 0.29) is 29.2 Å². The Hall–Kier alpha value is -3.25. The molecule has 0 radical (unpaired) electrons. The summed E-state index contributed by atoms with van der Waals surface area (Å²) in [6.07, 6.45) is 4.02. The fourth-order valence-corrected chi connectivity index (χ4v) is 4.18. The van der Waals surface area contributed by atoms with Crippen molar-refractivity contribution in [1.29, 1.82) is 0 Å². The highest BCUT2D eigenvalue weighted by Gasteiger charge is 2.30. The molecule has 2 unspecified atom stereocenters. The normalized spacial score (nSPS) is 16.6. The van der Waals surface area contributed by atoms with Crippen molar-refractivity contribution in [3.63, 3.8) is 0 Å². The number of piperidine rings is 1. The van der Waals surface area contributed by atoms with E-state index in [4.69, 9.17) is 5.11 Å². The maximum atomic E-state index is 13.2. The molecule has 0 saturated carbocycles. The second-order valence-corrected chi connectivity index (χ2v) is 8.72. The van der Waals surface area contributed by atoms with Crippen LogP contribution >= 0.6 is 0 Å². The Morgan fingerprint density at radius 2 is 1.62 bits per heavy atom. The Morgan fingerprint density at radius 1 is 1.00 bits per heavy atom. The summed E-state index contributed by atoms with van der Waals surface area (Å²) in [5.74, 6) is 0.0242. The molecule has 2 heterocycles. The van der Waals surface area contributed by atoms with E-state index in [0.717, 1.165) is 35.1 Å². The van der Waals surface area contributed by atoms with Gasteiger partial charge in [0.2, 0.25) is 11.5 Å². The van der Waals surface area contributed by atoms with E-state index in [1.807, 2.05) is 48.4 Å². The van der Waals surface area contributed by atoms with Crippen molar-refractivity contribution in [3.8, 4) is 11.1 Å². The molecule has 1 amide bonds. The summed E-state index contributed by atoms with van der Waals surface area (Å²) in [6, 6.07) is 18.0. The quantitative estimate of drug-likeness (QED) is 0.575. The number of hydrogen-bond donors (Lipinski definition) is 1. The molecule has 1 aliphatic rings. The summed E-state index contributed by atoms with van der Waals surface area (Å²) >= 11 is 0. The molecule has 6 heteroatoms. The molecule has 1 saturated heterocycles. The Balaban J connectivity index is 0.000000751. The lowest BCUT2D eigenvalue weighted by Crippen LogP contribution is -2.39. The first kappa shape index (κ1) is 25.4. The molecule has 0 spiro atoms. The lowest BCUT2D eigenvalue weighted by molar-refractivity contribution is -0.136. The molecule has 0 bridgehead atoms. The molecule has 180 valence electrons. The number of nitrogens with zero attached hydrogens (tertiary/aromatic N) is 2. The van der Waals surface area contributed by atoms with Crippen LogP contribution in [0.15, 0.2) is 71.7 Å². The van der Waals surface area contributed by atoms with Crippen molar-refractivity contribution in [2.24, 2.45) is 7.05 Å². The first-order valence-corrected chi connectivity index (χ1v) is 11.8. The number of amides is 1. The molecular weight excluding hydrogens is 431 g/mol. The van der Waals surface area contributed by atoms with E-state index in [1.54, 1.807) is 29.8 Å². The van der Waals surface area contributed by atoms with Gasteiger partial charge in [0.25, 0.3) is 0 Å². The van der Waals surface area contributed by atoms with Gasteiger partial charge in [-0.15, -0.1) is 0 Å². The fraction of sp³-hybridized carbons (Fsp3) is 0.357. The predicted molar refractivity (Wildman–Crippen MR) is 133 cm³/mol. The van der Waals surface area contributed by atoms with Crippen LogP contribution in [0.4, 0.5) is 4.39 Å². The van der Waals surface area contributed by atoms with Crippen LogP contribution in [0.25, 0.3) is 11.1 Å². The topological polar surface area (TPSA) is 62.5 Å². The molecule has 34 heavy (non-hydrogen) atoms. The van der Waals surface area contributed by atoms with Crippen LogP contribution in [0.1, 0.15) is 56.2 Å². The molecule has 1 aromatic heterocycles. The van der Waals surface area contributed by atoms with Crippen LogP contribution in [0, 0.1) is 5.82 Å². The average Bonchev–Trinajstić information content (AvgIpc) is 2.86. The van der Waals surface area contributed by atoms with Crippen molar-refractivity contribution >= 4 is 5.91 Å². The lowest BCUT2D eigenvalue weighted by atomic mass is 9.88. The third-order valence-electron chi connectivity index (χ3n) is 6.30. The van der Waals surface area contributed by atoms with Gasteiger partial charge in [-0.2, -0.15) is 0 Å². The van der Waals surface area contributed by atoms with Crippen molar-refractivity contribution in [2.75, 3.05) is 13.2 Å². The van der Waals surface area contributed by atoms with Gasteiger partial charge < -0.3 is 14.6 Å². The number of hydrogen-bond acceptors (Lipinski definition) is 3. The summed E-state index contributed by atoms with van der Waals surface area (Å²) in [7, 11) is 1.74. The SMILES string of the molecule is CC(c1ccc(-c2ccc(=O)n(C)c2)cc1)N1CCC(c2ccc(F)cc2)CC1=O.CCCO. The Labute approximate surface area is 200 Å². The second kappa shape index (κ2) is 11.7. The van der Waals surface area contributed by atoms with E-state index in [0.29, 0.717) is 19.6 Å². The molecule has 3 aromatic rings. The van der Waals surface area contributed by atoms with Crippen molar-refractivity contribution in [3.05, 3.63) is 94.2 Å². The Kier molecular flexibility index (Phi) is 8.77. The van der Waals surface area contributed by atoms with Gasteiger partial charge in [0, 0.05) is 38.9 Å². The molecule has 1 aliphatic heterocycles. The van der Waals surface area contributed by atoms with E-state index < -0.39 is 0 Å². The highest BCUT2D eigenvalue weighted by Crippen LogP contribution is 2.33. The van der Waals surface area contributed by atoms with Crippen LogP contribution in [0.5, 0.6) is 0 Å². The van der Waals surface area contributed by atoms with E-state index in [9.17, 15) is 14.0 Å². The zero-order chi connectivity index (χ0) is 24.7. The molecule has 1 fully saturated rings. The number of rotatable bonds is 5.